The zero-order valence-corrected chi connectivity index (χ0v) is 14.2. The van der Waals surface area contributed by atoms with Gasteiger partial charge in [0.25, 0.3) is 0 Å². The molecule has 1 aromatic carbocycles. The van der Waals surface area contributed by atoms with Crippen LogP contribution >= 0.6 is 0 Å². The number of likely N-dealkylation sites (N-methyl/N-ethyl adjacent to an activating group) is 1. The topological polar surface area (TPSA) is 85.2 Å². The van der Waals surface area contributed by atoms with E-state index in [0.29, 0.717) is 18.7 Å². The number of rotatable bonds is 6. The summed E-state index contributed by atoms with van der Waals surface area (Å²) in [7, 11) is -2.47. The Hall–Kier alpha value is -2.22. The maximum atomic E-state index is 13.0. The van der Waals surface area contributed by atoms with E-state index in [-0.39, 0.29) is 5.16 Å². The van der Waals surface area contributed by atoms with Gasteiger partial charge in [0.15, 0.2) is 5.25 Å². The Labute approximate surface area is 135 Å². The molecule has 0 aliphatic rings. The van der Waals surface area contributed by atoms with Crippen LogP contribution in [0.25, 0.3) is 0 Å². The molecule has 0 radical (unpaired) electrons. The Kier molecular flexibility index (Phi) is 5.15. The van der Waals surface area contributed by atoms with Crippen molar-refractivity contribution in [2.45, 2.75) is 24.3 Å². The Bertz CT molecular complexity index is 767. The summed E-state index contributed by atoms with van der Waals surface area (Å²) in [6.07, 6.45) is 1.30. The first kappa shape index (κ1) is 17.1. The lowest BCUT2D eigenvalue weighted by molar-refractivity contribution is -0.130. The van der Waals surface area contributed by atoms with Crippen molar-refractivity contribution in [2.24, 2.45) is 7.05 Å². The van der Waals surface area contributed by atoms with Crippen molar-refractivity contribution < 1.29 is 13.2 Å². The molecule has 8 heteroatoms. The molecule has 0 aliphatic carbocycles. The van der Waals surface area contributed by atoms with E-state index in [1.54, 1.807) is 30.3 Å². The van der Waals surface area contributed by atoms with Crippen LogP contribution in [0.1, 0.15) is 24.7 Å². The average Bonchev–Trinajstić information content (AvgIpc) is 2.96. The molecule has 23 heavy (non-hydrogen) atoms. The van der Waals surface area contributed by atoms with Crippen molar-refractivity contribution in [1.29, 1.82) is 0 Å². The number of sulfone groups is 1. The molecule has 1 unspecified atom stereocenters. The minimum Gasteiger partial charge on any atom is -0.342 e. The first-order valence-corrected chi connectivity index (χ1v) is 8.89. The van der Waals surface area contributed by atoms with Crippen LogP contribution in [0.15, 0.2) is 41.8 Å². The Morgan fingerprint density at radius 2 is 1.83 bits per heavy atom. The summed E-state index contributed by atoms with van der Waals surface area (Å²) in [5.41, 5.74) is 0.424. The number of aromatic nitrogens is 3. The van der Waals surface area contributed by atoms with Crippen molar-refractivity contribution in [1.82, 2.24) is 19.7 Å². The molecule has 1 aromatic heterocycles. The number of hydrogen-bond donors (Lipinski definition) is 0. The van der Waals surface area contributed by atoms with Crippen LogP contribution in [0.5, 0.6) is 0 Å². The molecule has 2 rings (SSSR count). The molecule has 0 bridgehead atoms. The SMILES string of the molecule is CCN(CC)C(=O)C(c1ccccc1)S(=O)(=O)c1nncn1C. The van der Waals surface area contributed by atoms with Crippen LogP contribution < -0.4 is 0 Å². The molecule has 0 fully saturated rings. The molecule has 2 aromatic rings. The zero-order valence-electron chi connectivity index (χ0n) is 13.4. The molecule has 124 valence electrons. The Balaban J connectivity index is 2.59. The van der Waals surface area contributed by atoms with E-state index in [9.17, 15) is 13.2 Å². The lowest BCUT2D eigenvalue weighted by Crippen LogP contribution is -2.38. The van der Waals surface area contributed by atoms with Crippen molar-refractivity contribution >= 4 is 15.7 Å². The minimum absolute atomic E-state index is 0.216. The Morgan fingerprint density at radius 1 is 1.22 bits per heavy atom. The van der Waals surface area contributed by atoms with Gasteiger partial charge in [-0.2, -0.15) is 0 Å². The third-order valence-electron chi connectivity index (χ3n) is 3.64. The van der Waals surface area contributed by atoms with Crippen LogP contribution in [0.2, 0.25) is 0 Å². The fraction of sp³-hybridized carbons (Fsp3) is 0.400. The predicted octanol–water partition coefficient (Wildman–Crippen LogP) is 1.20. The second-order valence-electron chi connectivity index (χ2n) is 5.07. The third kappa shape index (κ3) is 3.26. The second kappa shape index (κ2) is 6.91. The van der Waals surface area contributed by atoms with Gasteiger partial charge in [-0.15, -0.1) is 10.2 Å². The lowest BCUT2D eigenvalue weighted by Gasteiger charge is -2.25. The quantitative estimate of drug-likeness (QED) is 0.791. The van der Waals surface area contributed by atoms with Crippen molar-refractivity contribution in [3.05, 3.63) is 42.2 Å². The highest BCUT2D eigenvalue weighted by molar-refractivity contribution is 7.92. The van der Waals surface area contributed by atoms with Gasteiger partial charge in [0.1, 0.15) is 6.33 Å². The first-order chi connectivity index (χ1) is 10.9. The van der Waals surface area contributed by atoms with Crippen molar-refractivity contribution in [3.63, 3.8) is 0 Å². The monoisotopic (exact) mass is 336 g/mol. The number of carbonyl (C=O) groups excluding carboxylic acids is 1. The number of benzene rings is 1. The molecular formula is C15H20N4O3S. The molecule has 7 nitrogen and oxygen atoms in total. The van der Waals surface area contributed by atoms with Gasteiger partial charge in [-0.1, -0.05) is 30.3 Å². The smallest absolute Gasteiger partial charge is 0.250 e. The highest BCUT2D eigenvalue weighted by Crippen LogP contribution is 2.29. The molecule has 0 N–H and O–H groups in total. The fourth-order valence-corrected chi connectivity index (χ4v) is 4.17. The molecule has 0 saturated heterocycles. The third-order valence-corrected chi connectivity index (χ3v) is 5.61. The Morgan fingerprint density at radius 3 is 2.30 bits per heavy atom. The molecule has 1 atom stereocenters. The van der Waals surface area contributed by atoms with Crippen LogP contribution in [0.3, 0.4) is 0 Å². The summed E-state index contributed by atoms with van der Waals surface area (Å²) >= 11 is 0. The normalized spacial score (nSPS) is 12.8. The number of aryl methyl sites for hydroxylation is 1. The summed E-state index contributed by atoms with van der Waals surface area (Å²) in [5.74, 6) is -0.454. The van der Waals surface area contributed by atoms with Gasteiger partial charge in [0, 0.05) is 20.1 Å². The lowest BCUT2D eigenvalue weighted by atomic mass is 10.1. The van der Waals surface area contributed by atoms with Crippen LogP contribution in [-0.2, 0) is 21.7 Å². The summed E-state index contributed by atoms with van der Waals surface area (Å²) in [6, 6.07) is 8.48. The highest BCUT2D eigenvalue weighted by atomic mass is 32.2. The zero-order chi connectivity index (χ0) is 17.0. The van der Waals surface area contributed by atoms with Gasteiger partial charge in [-0.05, 0) is 19.4 Å². The van der Waals surface area contributed by atoms with E-state index >= 15 is 0 Å². The summed E-state index contributed by atoms with van der Waals surface area (Å²) in [4.78, 5) is 14.4. The van der Waals surface area contributed by atoms with E-state index in [0.717, 1.165) is 0 Å². The van der Waals surface area contributed by atoms with Crippen LogP contribution in [0.4, 0.5) is 0 Å². The molecular weight excluding hydrogens is 316 g/mol. The van der Waals surface area contributed by atoms with E-state index in [1.165, 1.54) is 22.8 Å². The number of nitrogens with zero attached hydrogens (tertiary/aromatic N) is 4. The second-order valence-corrected chi connectivity index (χ2v) is 7.00. The van der Waals surface area contributed by atoms with Gasteiger partial charge < -0.3 is 9.47 Å². The van der Waals surface area contributed by atoms with E-state index in [1.807, 2.05) is 13.8 Å². The fourth-order valence-electron chi connectivity index (χ4n) is 2.42. The van der Waals surface area contributed by atoms with E-state index in [4.69, 9.17) is 0 Å². The molecule has 1 heterocycles. The average molecular weight is 336 g/mol. The standard InChI is InChI=1S/C15H20N4O3S/c1-4-19(5-2)14(20)13(12-9-7-6-8-10-12)23(21,22)15-17-16-11-18(15)3/h6-11,13H,4-5H2,1-3H3. The van der Waals surface area contributed by atoms with Gasteiger partial charge >= 0.3 is 0 Å². The molecule has 0 aliphatic heterocycles. The van der Waals surface area contributed by atoms with Crippen molar-refractivity contribution in [3.8, 4) is 0 Å². The van der Waals surface area contributed by atoms with E-state index in [2.05, 4.69) is 10.2 Å². The summed E-state index contributed by atoms with van der Waals surface area (Å²) < 4.78 is 27.3. The van der Waals surface area contributed by atoms with Gasteiger partial charge in [0.05, 0.1) is 0 Å². The molecule has 0 spiro atoms. The van der Waals surface area contributed by atoms with Gasteiger partial charge in [-0.25, -0.2) is 8.42 Å². The largest absolute Gasteiger partial charge is 0.342 e. The highest BCUT2D eigenvalue weighted by Gasteiger charge is 2.40. The number of hydrogen-bond acceptors (Lipinski definition) is 5. The maximum Gasteiger partial charge on any atom is 0.250 e. The number of carbonyl (C=O) groups is 1. The van der Waals surface area contributed by atoms with Gasteiger partial charge in [0.2, 0.25) is 20.9 Å². The van der Waals surface area contributed by atoms with Crippen molar-refractivity contribution in [2.75, 3.05) is 13.1 Å². The first-order valence-electron chi connectivity index (χ1n) is 7.35. The van der Waals surface area contributed by atoms with Gasteiger partial charge in [-0.3, -0.25) is 4.79 Å². The summed E-state index contributed by atoms with van der Waals surface area (Å²) in [6.45, 7) is 4.51. The summed E-state index contributed by atoms with van der Waals surface area (Å²) in [5, 5.41) is 5.76. The van der Waals surface area contributed by atoms with Crippen LogP contribution in [-0.4, -0.2) is 47.1 Å². The van der Waals surface area contributed by atoms with Crippen LogP contribution in [0, 0.1) is 0 Å². The van der Waals surface area contributed by atoms with E-state index < -0.39 is 21.0 Å². The molecule has 0 saturated carbocycles. The predicted molar refractivity (Wildman–Crippen MR) is 85.3 cm³/mol. The molecule has 1 amide bonds. The maximum absolute atomic E-state index is 13.0. The number of amides is 1. The minimum atomic E-state index is -4.01.